The van der Waals surface area contributed by atoms with E-state index >= 15 is 0 Å². The van der Waals surface area contributed by atoms with Gasteiger partial charge in [-0.25, -0.2) is 8.42 Å². The van der Waals surface area contributed by atoms with Crippen molar-refractivity contribution in [2.75, 3.05) is 0 Å². The predicted octanol–water partition coefficient (Wildman–Crippen LogP) is 1.82. The molecule has 3 atom stereocenters. The normalized spacial score (nSPS) is 15.6. The van der Waals surface area contributed by atoms with E-state index in [1.54, 1.807) is 13.8 Å². The van der Waals surface area contributed by atoms with Gasteiger partial charge in [0.15, 0.2) is 6.10 Å². The van der Waals surface area contributed by atoms with Gasteiger partial charge in [0.1, 0.15) is 6.04 Å². The van der Waals surface area contributed by atoms with Crippen LogP contribution in [0.1, 0.15) is 32.8 Å². The fourth-order valence-corrected chi connectivity index (χ4v) is 3.35. The molecule has 0 saturated heterocycles. The van der Waals surface area contributed by atoms with Crippen LogP contribution in [0.15, 0.2) is 29.2 Å². The van der Waals surface area contributed by atoms with Gasteiger partial charge >= 0.3 is 12.1 Å². The molecular weight excluding hydrogens is 389 g/mol. The van der Waals surface area contributed by atoms with Crippen LogP contribution in [0.2, 0.25) is 0 Å². The van der Waals surface area contributed by atoms with E-state index in [-0.39, 0.29) is 0 Å². The van der Waals surface area contributed by atoms with Crippen molar-refractivity contribution in [1.29, 1.82) is 0 Å². The Morgan fingerprint density at radius 2 is 1.85 bits per heavy atom. The number of sulfonamides is 1. The lowest BCUT2D eigenvalue weighted by Crippen LogP contribution is -2.47. The third kappa shape index (κ3) is 6.21. The van der Waals surface area contributed by atoms with Gasteiger partial charge in [0, 0.05) is 0 Å². The van der Waals surface area contributed by atoms with Crippen molar-refractivity contribution < 1.29 is 35.9 Å². The maximum absolute atomic E-state index is 12.8. The number of nitrogens with two attached hydrogens (primary N) is 1. The average Bonchev–Trinajstić information content (AvgIpc) is 2.58. The van der Waals surface area contributed by atoms with Gasteiger partial charge in [-0.15, -0.1) is 0 Å². The molecule has 0 saturated carbocycles. The van der Waals surface area contributed by atoms with Crippen molar-refractivity contribution >= 4 is 21.9 Å². The molecule has 3 N–H and O–H groups in total. The number of halogens is 3. The van der Waals surface area contributed by atoms with Gasteiger partial charge in [0.2, 0.25) is 10.0 Å². The first-order valence-electron chi connectivity index (χ1n) is 7.99. The molecule has 1 amide bonds. The van der Waals surface area contributed by atoms with Gasteiger partial charge < -0.3 is 10.5 Å². The number of primary amides is 1. The molecule has 0 aromatic heterocycles. The standard InChI is InChI=1S/C16H21F3N2O5S/c1-4-9(2)13(15(23)26-10(3)14(20)22)21-27(24,25)12-7-5-6-11(8-12)16(17,18)19/h5-10,13,21H,4H2,1-3H3,(H2,20,22). The predicted molar refractivity (Wildman–Crippen MR) is 89.8 cm³/mol. The maximum Gasteiger partial charge on any atom is 0.416 e. The van der Waals surface area contributed by atoms with Crippen LogP contribution in [0, 0.1) is 5.92 Å². The van der Waals surface area contributed by atoms with E-state index in [2.05, 4.69) is 4.72 Å². The summed E-state index contributed by atoms with van der Waals surface area (Å²) in [7, 11) is -4.47. The fraction of sp³-hybridized carbons (Fsp3) is 0.500. The zero-order chi connectivity index (χ0) is 21.0. The summed E-state index contributed by atoms with van der Waals surface area (Å²) in [4.78, 5) is 22.6. The molecule has 0 spiro atoms. The molecule has 0 aliphatic carbocycles. The van der Waals surface area contributed by atoms with E-state index in [1.165, 1.54) is 6.92 Å². The Bertz CT molecular complexity index is 795. The second kappa shape index (κ2) is 8.70. The topological polar surface area (TPSA) is 116 Å². The summed E-state index contributed by atoms with van der Waals surface area (Å²) in [5, 5.41) is 0. The number of alkyl halides is 3. The molecule has 0 fully saturated rings. The molecule has 0 radical (unpaired) electrons. The van der Waals surface area contributed by atoms with Crippen LogP contribution >= 0.6 is 0 Å². The number of hydrogen-bond donors (Lipinski definition) is 2. The van der Waals surface area contributed by atoms with E-state index in [4.69, 9.17) is 10.5 Å². The number of carbonyl (C=O) groups is 2. The molecule has 0 bridgehead atoms. The zero-order valence-corrected chi connectivity index (χ0v) is 15.7. The molecule has 3 unspecified atom stereocenters. The number of amides is 1. The van der Waals surface area contributed by atoms with Gasteiger partial charge in [0.25, 0.3) is 5.91 Å². The van der Waals surface area contributed by atoms with Crippen LogP contribution in [0.3, 0.4) is 0 Å². The maximum atomic E-state index is 12.8. The Morgan fingerprint density at radius 3 is 2.33 bits per heavy atom. The summed E-state index contributed by atoms with van der Waals surface area (Å²) in [5.74, 6) is -2.53. The average molecular weight is 410 g/mol. The minimum atomic E-state index is -4.72. The minimum Gasteiger partial charge on any atom is -0.451 e. The van der Waals surface area contributed by atoms with Gasteiger partial charge in [-0.05, 0) is 31.0 Å². The van der Waals surface area contributed by atoms with Crippen molar-refractivity contribution in [2.45, 2.75) is 50.4 Å². The second-order valence-electron chi connectivity index (χ2n) is 5.99. The number of ether oxygens (including phenoxy) is 1. The molecule has 1 rings (SSSR count). The highest BCUT2D eigenvalue weighted by Crippen LogP contribution is 2.30. The van der Waals surface area contributed by atoms with Crippen molar-refractivity contribution in [3.05, 3.63) is 29.8 Å². The quantitative estimate of drug-likeness (QED) is 0.634. The Labute approximate surface area is 155 Å². The number of esters is 1. The molecule has 0 aliphatic heterocycles. The van der Waals surface area contributed by atoms with Gasteiger partial charge in [0.05, 0.1) is 10.5 Å². The molecule has 11 heteroatoms. The van der Waals surface area contributed by atoms with Crippen LogP contribution in [0.4, 0.5) is 13.2 Å². The molecule has 1 aromatic carbocycles. The molecule has 0 aliphatic rings. The number of carbonyl (C=O) groups excluding carboxylic acids is 2. The summed E-state index contributed by atoms with van der Waals surface area (Å²) in [6.07, 6.45) is -5.66. The number of nitrogens with one attached hydrogen (secondary N) is 1. The lowest BCUT2D eigenvalue weighted by Gasteiger charge is -2.24. The van der Waals surface area contributed by atoms with Crippen LogP contribution in [-0.4, -0.2) is 32.4 Å². The van der Waals surface area contributed by atoms with E-state index < -0.39 is 56.6 Å². The zero-order valence-electron chi connectivity index (χ0n) is 14.9. The minimum absolute atomic E-state index is 0.357. The molecule has 0 heterocycles. The summed E-state index contributed by atoms with van der Waals surface area (Å²) in [6.45, 7) is 4.45. The monoisotopic (exact) mass is 410 g/mol. The number of benzene rings is 1. The van der Waals surface area contributed by atoms with Crippen molar-refractivity contribution in [3.8, 4) is 0 Å². The first-order valence-corrected chi connectivity index (χ1v) is 9.47. The summed E-state index contributed by atoms with van der Waals surface area (Å²) < 4.78 is 70.3. The molecule has 27 heavy (non-hydrogen) atoms. The van der Waals surface area contributed by atoms with Crippen molar-refractivity contribution in [2.24, 2.45) is 11.7 Å². The first kappa shape index (κ1) is 22.9. The van der Waals surface area contributed by atoms with Crippen LogP contribution < -0.4 is 10.5 Å². The van der Waals surface area contributed by atoms with Crippen LogP contribution in [0.5, 0.6) is 0 Å². The lowest BCUT2D eigenvalue weighted by atomic mass is 10.0. The third-order valence-corrected chi connectivity index (χ3v) is 5.35. The Morgan fingerprint density at radius 1 is 1.26 bits per heavy atom. The van der Waals surface area contributed by atoms with E-state index in [0.29, 0.717) is 12.5 Å². The summed E-state index contributed by atoms with van der Waals surface area (Å²) in [5.41, 5.74) is 3.86. The van der Waals surface area contributed by atoms with Gasteiger partial charge in [-0.2, -0.15) is 17.9 Å². The second-order valence-corrected chi connectivity index (χ2v) is 7.71. The highest BCUT2D eigenvalue weighted by Gasteiger charge is 2.35. The first-order chi connectivity index (χ1) is 12.3. The third-order valence-electron chi connectivity index (χ3n) is 3.91. The van der Waals surface area contributed by atoms with E-state index in [9.17, 15) is 31.2 Å². The molecule has 1 aromatic rings. The van der Waals surface area contributed by atoms with Crippen LogP contribution in [-0.2, 0) is 30.5 Å². The van der Waals surface area contributed by atoms with E-state index in [0.717, 1.165) is 18.2 Å². The van der Waals surface area contributed by atoms with E-state index in [1.807, 2.05) is 0 Å². The smallest absolute Gasteiger partial charge is 0.416 e. The van der Waals surface area contributed by atoms with Crippen molar-refractivity contribution in [1.82, 2.24) is 4.72 Å². The van der Waals surface area contributed by atoms with Crippen LogP contribution in [0.25, 0.3) is 0 Å². The summed E-state index contributed by atoms with van der Waals surface area (Å²) >= 11 is 0. The highest BCUT2D eigenvalue weighted by molar-refractivity contribution is 7.89. The Hall–Kier alpha value is -2.14. The van der Waals surface area contributed by atoms with Gasteiger partial charge in [-0.3, -0.25) is 9.59 Å². The van der Waals surface area contributed by atoms with Gasteiger partial charge in [-0.1, -0.05) is 26.3 Å². The fourth-order valence-electron chi connectivity index (χ4n) is 2.01. The van der Waals surface area contributed by atoms with Crippen molar-refractivity contribution in [3.63, 3.8) is 0 Å². The number of hydrogen-bond acceptors (Lipinski definition) is 5. The Balaban J connectivity index is 3.17. The molecule has 152 valence electrons. The Kier molecular flexibility index (Phi) is 7.38. The number of rotatable bonds is 8. The lowest BCUT2D eigenvalue weighted by molar-refractivity contribution is -0.156. The molecular formula is C16H21F3N2O5S. The SMILES string of the molecule is CCC(C)C(NS(=O)(=O)c1cccc(C(F)(F)F)c1)C(=O)OC(C)C(N)=O. The molecule has 7 nitrogen and oxygen atoms in total. The summed E-state index contributed by atoms with van der Waals surface area (Å²) in [6, 6.07) is 1.71. The highest BCUT2D eigenvalue weighted by atomic mass is 32.2. The largest absolute Gasteiger partial charge is 0.451 e.